The van der Waals surface area contributed by atoms with E-state index in [0.717, 1.165) is 32.1 Å². The quantitative estimate of drug-likeness (QED) is 0.863. The molecule has 114 valence electrons. The van der Waals surface area contributed by atoms with E-state index in [1.807, 2.05) is 4.90 Å². The van der Waals surface area contributed by atoms with Gasteiger partial charge in [0.25, 0.3) is 0 Å². The lowest BCUT2D eigenvalue weighted by Crippen LogP contribution is -2.58. The summed E-state index contributed by atoms with van der Waals surface area (Å²) in [4.78, 5) is 26.5. The molecule has 4 nitrogen and oxygen atoms in total. The molecule has 1 saturated carbocycles. The zero-order chi connectivity index (χ0) is 14.9. The van der Waals surface area contributed by atoms with Crippen molar-refractivity contribution in [2.45, 2.75) is 84.3 Å². The Morgan fingerprint density at radius 2 is 1.95 bits per heavy atom. The molecule has 2 rings (SSSR count). The lowest BCUT2D eigenvalue weighted by molar-refractivity contribution is -0.144. The van der Waals surface area contributed by atoms with E-state index in [4.69, 9.17) is 0 Å². The van der Waals surface area contributed by atoms with Gasteiger partial charge in [0.1, 0.15) is 6.04 Å². The molecule has 0 spiro atoms. The van der Waals surface area contributed by atoms with E-state index in [9.17, 15) is 9.59 Å². The Balaban J connectivity index is 2.05. The third kappa shape index (κ3) is 3.33. The van der Waals surface area contributed by atoms with Crippen molar-refractivity contribution in [3.05, 3.63) is 0 Å². The fraction of sp³-hybridized carbons (Fsp3) is 0.875. The van der Waals surface area contributed by atoms with Crippen LogP contribution in [0.4, 0.5) is 0 Å². The molecule has 2 aliphatic rings. The van der Waals surface area contributed by atoms with Crippen LogP contribution in [-0.2, 0) is 9.59 Å². The molecule has 1 saturated heterocycles. The highest BCUT2D eigenvalue weighted by molar-refractivity contribution is 5.88. The van der Waals surface area contributed by atoms with Gasteiger partial charge >= 0.3 is 0 Å². The van der Waals surface area contributed by atoms with E-state index in [1.165, 1.54) is 0 Å². The molecule has 1 N–H and O–H groups in total. The minimum Gasteiger partial charge on any atom is -0.344 e. The van der Waals surface area contributed by atoms with Gasteiger partial charge in [-0.1, -0.05) is 20.3 Å². The summed E-state index contributed by atoms with van der Waals surface area (Å²) in [5.41, 5.74) is 0.352. The zero-order valence-corrected chi connectivity index (χ0v) is 13.2. The molecule has 2 amide bonds. The monoisotopic (exact) mass is 280 g/mol. The van der Waals surface area contributed by atoms with Gasteiger partial charge < -0.3 is 10.2 Å². The van der Waals surface area contributed by atoms with E-state index in [2.05, 4.69) is 33.0 Å². The van der Waals surface area contributed by atoms with Crippen LogP contribution in [0.15, 0.2) is 0 Å². The minimum atomic E-state index is -0.309. The number of nitrogens with zero attached hydrogens (tertiary/aromatic N) is 1. The highest BCUT2D eigenvalue weighted by Crippen LogP contribution is 2.43. The molecule has 1 unspecified atom stereocenters. The predicted octanol–water partition coefficient (Wildman–Crippen LogP) is 2.47. The van der Waals surface area contributed by atoms with Crippen LogP contribution < -0.4 is 5.32 Å². The molecule has 0 radical (unpaired) electrons. The van der Waals surface area contributed by atoms with Crippen LogP contribution in [0.3, 0.4) is 0 Å². The first-order valence-corrected chi connectivity index (χ1v) is 7.92. The van der Waals surface area contributed by atoms with Gasteiger partial charge in [0.05, 0.1) is 0 Å². The van der Waals surface area contributed by atoms with Gasteiger partial charge in [-0.3, -0.25) is 9.59 Å². The Kier molecular flexibility index (Phi) is 4.40. The number of hydrogen-bond acceptors (Lipinski definition) is 2. The van der Waals surface area contributed by atoms with Crippen LogP contribution in [-0.4, -0.2) is 34.8 Å². The van der Waals surface area contributed by atoms with E-state index < -0.39 is 0 Å². The SMILES string of the molecule is CC(C)N(C(=O)C1CCCCC(=O)N1)C1CC(C)(C)C1. The molecule has 2 fully saturated rings. The zero-order valence-electron chi connectivity index (χ0n) is 13.2. The summed E-state index contributed by atoms with van der Waals surface area (Å²) in [6, 6.07) is 0.234. The number of amides is 2. The second-order valence-corrected chi connectivity index (χ2v) is 7.43. The molecule has 1 aliphatic heterocycles. The Morgan fingerprint density at radius 3 is 2.50 bits per heavy atom. The van der Waals surface area contributed by atoms with Crippen molar-refractivity contribution in [3.63, 3.8) is 0 Å². The van der Waals surface area contributed by atoms with Gasteiger partial charge in [-0.2, -0.15) is 0 Å². The molecule has 0 aromatic rings. The average molecular weight is 280 g/mol. The maximum Gasteiger partial charge on any atom is 0.245 e. The van der Waals surface area contributed by atoms with Crippen molar-refractivity contribution in [2.75, 3.05) is 0 Å². The van der Waals surface area contributed by atoms with E-state index in [-0.39, 0.29) is 23.9 Å². The summed E-state index contributed by atoms with van der Waals surface area (Å²) in [5, 5.41) is 2.91. The number of nitrogens with one attached hydrogen (secondary N) is 1. The summed E-state index contributed by atoms with van der Waals surface area (Å²) in [7, 11) is 0. The highest BCUT2D eigenvalue weighted by Gasteiger charge is 2.43. The van der Waals surface area contributed by atoms with E-state index in [0.29, 0.717) is 17.9 Å². The molecular weight excluding hydrogens is 252 g/mol. The smallest absolute Gasteiger partial charge is 0.245 e. The van der Waals surface area contributed by atoms with Gasteiger partial charge in [-0.05, 0) is 44.9 Å². The second-order valence-electron chi connectivity index (χ2n) is 7.43. The molecule has 4 heteroatoms. The predicted molar refractivity (Wildman–Crippen MR) is 79.2 cm³/mol. The summed E-state index contributed by atoms with van der Waals surface area (Å²) in [5.74, 6) is 0.147. The van der Waals surface area contributed by atoms with Gasteiger partial charge in [0.2, 0.25) is 11.8 Å². The molecule has 0 aromatic carbocycles. The first-order chi connectivity index (χ1) is 9.30. The Labute approximate surface area is 122 Å². The fourth-order valence-electron chi connectivity index (χ4n) is 3.61. The van der Waals surface area contributed by atoms with Gasteiger partial charge in [0, 0.05) is 18.5 Å². The topological polar surface area (TPSA) is 49.4 Å². The molecule has 0 bridgehead atoms. The Morgan fingerprint density at radius 1 is 1.30 bits per heavy atom. The van der Waals surface area contributed by atoms with Crippen molar-refractivity contribution in [3.8, 4) is 0 Å². The standard InChI is InChI=1S/C16H28N2O2/c1-11(2)18(12-9-16(3,4)10-12)15(20)13-7-5-6-8-14(19)17-13/h11-13H,5-10H2,1-4H3,(H,17,19). The van der Waals surface area contributed by atoms with E-state index in [1.54, 1.807) is 0 Å². The lowest BCUT2D eigenvalue weighted by atomic mass is 9.67. The van der Waals surface area contributed by atoms with Crippen molar-refractivity contribution >= 4 is 11.8 Å². The maximum atomic E-state index is 12.8. The molecule has 0 aromatic heterocycles. The van der Waals surface area contributed by atoms with Crippen LogP contribution in [0.5, 0.6) is 0 Å². The number of rotatable bonds is 3. The molecular formula is C16H28N2O2. The van der Waals surface area contributed by atoms with Crippen LogP contribution in [0.1, 0.15) is 66.2 Å². The first kappa shape index (κ1) is 15.3. The number of carbonyl (C=O) groups is 2. The Bertz CT molecular complexity index is 382. The van der Waals surface area contributed by atoms with Crippen molar-refractivity contribution in [1.82, 2.24) is 10.2 Å². The number of carbonyl (C=O) groups excluding carboxylic acids is 2. The molecule has 1 aliphatic carbocycles. The molecule has 1 atom stereocenters. The first-order valence-electron chi connectivity index (χ1n) is 7.92. The van der Waals surface area contributed by atoms with Crippen LogP contribution >= 0.6 is 0 Å². The fourth-order valence-corrected chi connectivity index (χ4v) is 3.61. The van der Waals surface area contributed by atoms with E-state index >= 15 is 0 Å². The lowest BCUT2D eigenvalue weighted by Gasteiger charge is -2.50. The largest absolute Gasteiger partial charge is 0.344 e. The number of hydrogen-bond donors (Lipinski definition) is 1. The highest BCUT2D eigenvalue weighted by atomic mass is 16.2. The van der Waals surface area contributed by atoms with Crippen LogP contribution in [0.25, 0.3) is 0 Å². The molecule has 1 heterocycles. The third-order valence-electron chi connectivity index (χ3n) is 4.56. The summed E-state index contributed by atoms with van der Waals surface area (Å²) < 4.78 is 0. The Hall–Kier alpha value is -1.06. The van der Waals surface area contributed by atoms with Crippen molar-refractivity contribution < 1.29 is 9.59 Å². The van der Waals surface area contributed by atoms with Gasteiger partial charge in [-0.15, -0.1) is 0 Å². The van der Waals surface area contributed by atoms with Crippen molar-refractivity contribution in [1.29, 1.82) is 0 Å². The normalized spacial score (nSPS) is 26.6. The van der Waals surface area contributed by atoms with Crippen LogP contribution in [0.2, 0.25) is 0 Å². The summed E-state index contributed by atoms with van der Waals surface area (Å²) in [6.07, 6.45) is 5.33. The van der Waals surface area contributed by atoms with Crippen LogP contribution in [0, 0.1) is 5.41 Å². The van der Waals surface area contributed by atoms with Crippen molar-refractivity contribution in [2.24, 2.45) is 5.41 Å². The van der Waals surface area contributed by atoms with Gasteiger partial charge in [-0.25, -0.2) is 0 Å². The minimum absolute atomic E-state index is 0.0264. The second kappa shape index (κ2) is 5.74. The third-order valence-corrected chi connectivity index (χ3v) is 4.56. The van der Waals surface area contributed by atoms with Gasteiger partial charge in [0.15, 0.2) is 0 Å². The summed E-state index contributed by atoms with van der Waals surface area (Å²) in [6.45, 7) is 8.64. The molecule has 20 heavy (non-hydrogen) atoms. The maximum absolute atomic E-state index is 12.8. The summed E-state index contributed by atoms with van der Waals surface area (Å²) >= 11 is 0. The average Bonchev–Trinajstić information content (AvgIpc) is 2.51.